The fraction of sp³-hybridized carbons (Fsp3) is 0. The van der Waals surface area contributed by atoms with Crippen LogP contribution in [0.5, 0.6) is 0 Å². The van der Waals surface area contributed by atoms with Crippen molar-refractivity contribution in [2.45, 2.75) is 0 Å². The minimum absolute atomic E-state index is 0.145. The number of carbonyl (C=O) groups is 1. The lowest BCUT2D eigenvalue weighted by Gasteiger charge is -2.05. The van der Waals surface area contributed by atoms with E-state index in [0.29, 0.717) is 16.8 Å². The summed E-state index contributed by atoms with van der Waals surface area (Å²) < 4.78 is 5.91. The van der Waals surface area contributed by atoms with Crippen LogP contribution in [-0.2, 0) is 0 Å². The highest BCUT2D eigenvalue weighted by Gasteiger charge is 2.12. The van der Waals surface area contributed by atoms with Gasteiger partial charge in [0.2, 0.25) is 0 Å². The Balaban J connectivity index is 1.80. The Labute approximate surface area is 127 Å². The summed E-state index contributed by atoms with van der Waals surface area (Å²) in [5.41, 5.74) is 2.82. The standard InChI is InChI=1S/C19H13NO2/c21-19(13-7-2-1-3-8-13)20-16-11-6-10-15-14-9-4-5-12-17(14)22-18(15)16/h1-12H,(H,20,21). The van der Waals surface area contributed by atoms with Crippen LogP contribution in [0.3, 0.4) is 0 Å². The van der Waals surface area contributed by atoms with Crippen molar-refractivity contribution in [3.8, 4) is 0 Å². The van der Waals surface area contributed by atoms with E-state index in [-0.39, 0.29) is 5.91 Å². The predicted octanol–water partition coefficient (Wildman–Crippen LogP) is 4.84. The molecule has 0 aliphatic heterocycles. The maximum atomic E-state index is 12.3. The number of hydrogen-bond donors (Lipinski definition) is 1. The third-order valence-electron chi connectivity index (χ3n) is 3.69. The van der Waals surface area contributed by atoms with E-state index >= 15 is 0 Å². The van der Waals surface area contributed by atoms with Crippen LogP contribution in [-0.4, -0.2) is 5.91 Å². The van der Waals surface area contributed by atoms with Crippen molar-refractivity contribution in [3.63, 3.8) is 0 Å². The average Bonchev–Trinajstić information content (AvgIpc) is 2.95. The van der Waals surface area contributed by atoms with Crippen molar-refractivity contribution in [2.24, 2.45) is 0 Å². The van der Waals surface area contributed by atoms with Crippen molar-refractivity contribution in [2.75, 3.05) is 5.32 Å². The van der Waals surface area contributed by atoms with Crippen LogP contribution in [0, 0.1) is 0 Å². The second kappa shape index (κ2) is 5.04. The second-order valence-corrected chi connectivity index (χ2v) is 5.10. The number of carbonyl (C=O) groups excluding carboxylic acids is 1. The normalized spacial score (nSPS) is 10.9. The summed E-state index contributed by atoms with van der Waals surface area (Å²) in [4.78, 5) is 12.3. The van der Waals surface area contributed by atoms with Gasteiger partial charge in [0, 0.05) is 16.3 Å². The minimum atomic E-state index is -0.145. The highest BCUT2D eigenvalue weighted by Crippen LogP contribution is 2.33. The van der Waals surface area contributed by atoms with E-state index in [4.69, 9.17) is 4.42 Å². The summed E-state index contributed by atoms with van der Waals surface area (Å²) in [6, 6.07) is 22.8. The zero-order valence-corrected chi connectivity index (χ0v) is 11.7. The van der Waals surface area contributed by atoms with E-state index in [1.165, 1.54) is 0 Å². The van der Waals surface area contributed by atoms with Gasteiger partial charge in [-0.3, -0.25) is 4.79 Å². The van der Waals surface area contributed by atoms with Crippen LogP contribution < -0.4 is 5.32 Å². The first-order valence-corrected chi connectivity index (χ1v) is 7.09. The highest BCUT2D eigenvalue weighted by molar-refractivity contribution is 6.13. The number of rotatable bonds is 2. The highest BCUT2D eigenvalue weighted by atomic mass is 16.3. The van der Waals surface area contributed by atoms with Crippen LogP contribution in [0.1, 0.15) is 10.4 Å². The summed E-state index contributed by atoms with van der Waals surface area (Å²) in [6.45, 7) is 0. The van der Waals surface area contributed by atoms with Gasteiger partial charge in [-0.25, -0.2) is 0 Å². The first-order chi connectivity index (χ1) is 10.8. The van der Waals surface area contributed by atoms with E-state index in [2.05, 4.69) is 5.32 Å². The molecule has 106 valence electrons. The summed E-state index contributed by atoms with van der Waals surface area (Å²) >= 11 is 0. The number of anilines is 1. The van der Waals surface area contributed by atoms with Crippen molar-refractivity contribution in [3.05, 3.63) is 78.4 Å². The third-order valence-corrected chi connectivity index (χ3v) is 3.69. The molecule has 0 unspecified atom stereocenters. The molecule has 4 aromatic rings. The minimum Gasteiger partial charge on any atom is -0.454 e. The molecule has 1 N–H and O–H groups in total. The summed E-state index contributed by atoms with van der Waals surface area (Å²) in [5, 5.41) is 4.98. The lowest BCUT2D eigenvalue weighted by atomic mass is 10.1. The first-order valence-electron chi connectivity index (χ1n) is 7.09. The lowest BCUT2D eigenvalue weighted by Crippen LogP contribution is -2.11. The Kier molecular flexibility index (Phi) is 2.90. The molecule has 1 heterocycles. The number of para-hydroxylation sites is 2. The van der Waals surface area contributed by atoms with Crippen molar-refractivity contribution in [1.82, 2.24) is 0 Å². The Bertz CT molecular complexity index is 970. The Morgan fingerprint density at radius 3 is 2.36 bits per heavy atom. The van der Waals surface area contributed by atoms with Crippen LogP contribution >= 0.6 is 0 Å². The van der Waals surface area contributed by atoms with Gasteiger partial charge < -0.3 is 9.73 Å². The number of benzene rings is 3. The molecule has 0 aliphatic carbocycles. The number of hydrogen-bond acceptors (Lipinski definition) is 2. The fourth-order valence-corrected chi connectivity index (χ4v) is 2.63. The topological polar surface area (TPSA) is 42.2 Å². The van der Waals surface area contributed by atoms with E-state index in [1.54, 1.807) is 12.1 Å². The molecule has 3 heteroatoms. The predicted molar refractivity (Wildman–Crippen MR) is 88.1 cm³/mol. The summed E-state index contributed by atoms with van der Waals surface area (Å²) in [5.74, 6) is -0.145. The van der Waals surface area contributed by atoms with Gasteiger partial charge in [0.1, 0.15) is 5.58 Å². The summed E-state index contributed by atoms with van der Waals surface area (Å²) in [7, 11) is 0. The smallest absolute Gasteiger partial charge is 0.255 e. The van der Waals surface area contributed by atoms with Gasteiger partial charge in [-0.2, -0.15) is 0 Å². The van der Waals surface area contributed by atoms with E-state index < -0.39 is 0 Å². The molecule has 3 nitrogen and oxygen atoms in total. The van der Waals surface area contributed by atoms with Crippen LogP contribution in [0.4, 0.5) is 5.69 Å². The Morgan fingerprint density at radius 2 is 1.50 bits per heavy atom. The molecule has 3 aromatic carbocycles. The molecule has 0 bridgehead atoms. The Hall–Kier alpha value is -3.07. The van der Waals surface area contributed by atoms with Gasteiger partial charge in [0.15, 0.2) is 5.58 Å². The molecule has 0 spiro atoms. The molecule has 22 heavy (non-hydrogen) atoms. The van der Waals surface area contributed by atoms with E-state index in [1.807, 2.05) is 60.7 Å². The molecular weight excluding hydrogens is 274 g/mol. The molecule has 1 amide bonds. The van der Waals surface area contributed by atoms with Gasteiger partial charge in [0.25, 0.3) is 5.91 Å². The SMILES string of the molecule is O=C(Nc1cccc2c1oc1ccccc12)c1ccccc1. The van der Waals surface area contributed by atoms with Crippen LogP contribution in [0.2, 0.25) is 0 Å². The zero-order valence-electron chi connectivity index (χ0n) is 11.7. The molecule has 0 radical (unpaired) electrons. The maximum absolute atomic E-state index is 12.3. The molecule has 0 fully saturated rings. The fourth-order valence-electron chi connectivity index (χ4n) is 2.63. The first kappa shape index (κ1) is 12.7. The molecule has 1 aromatic heterocycles. The number of furan rings is 1. The van der Waals surface area contributed by atoms with Gasteiger partial charge in [0.05, 0.1) is 5.69 Å². The lowest BCUT2D eigenvalue weighted by molar-refractivity contribution is 0.102. The zero-order chi connectivity index (χ0) is 14.9. The molecule has 0 aliphatic rings. The van der Waals surface area contributed by atoms with Gasteiger partial charge in [-0.1, -0.05) is 48.5 Å². The van der Waals surface area contributed by atoms with Crippen molar-refractivity contribution >= 4 is 33.5 Å². The second-order valence-electron chi connectivity index (χ2n) is 5.10. The van der Waals surface area contributed by atoms with E-state index in [0.717, 1.165) is 16.4 Å². The van der Waals surface area contributed by atoms with Gasteiger partial charge in [-0.05, 0) is 24.3 Å². The Morgan fingerprint density at radius 1 is 0.773 bits per heavy atom. The molecular formula is C19H13NO2. The molecule has 0 saturated heterocycles. The number of amides is 1. The largest absolute Gasteiger partial charge is 0.454 e. The van der Waals surface area contributed by atoms with Crippen molar-refractivity contribution < 1.29 is 9.21 Å². The third kappa shape index (κ3) is 2.04. The van der Waals surface area contributed by atoms with E-state index in [9.17, 15) is 4.79 Å². The number of nitrogens with one attached hydrogen (secondary N) is 1. The monoisotopic (exact) mass is 287 g/mol. The summed E-state index contributed by atoms with van der Waals surface area (Å²) in [6.07, 6.45) is 0. The molecule has 4 rings (SSSR count). The van der Waals surface area contributed by atoms with Gasteiger partial charge >= 0.3 is 0 Å². The average molecular weight is 287 g/mol. The molecule has 0 saturated carbocycles. The molecule has 0 atom stereocenters. The van der Waals surface area contributed by atoms with Gasteiger partial charge in [-0.15, -0.1) is 0 Å². The maximum Gasteiger partial charge on any atom is 0.255 e. The van der Waals surface area contributed by atoms with Crippen LogP contribution in [0.25, 0.3) is 21.9 Å². The van der Waals surface area contributed by atoms with Crippen LogP contribution in [0.15, 0.2) is 77.2 Å². The quantitative estimate of drug-likeness (QED) is 0.573. The number of fused-ring (bicyclic) bond motifs is 3. The van der Waals surface area contributed by atoms with Crippen molar-refractivity contribution in [1.29, 1.82) is 0 Å².